The van der Waals surface area contributed by atoms with Crippen LogP contribution in [-0.2, 0) is 6.54 Å². The van der Waals surface area contributed by atoms with Gasteiger partial charge in [0.25, 0.3) is 5.91 Å². The zero-order chi connectivity index (χ0) is 21.6. The van der Waals surface area contributed by atoms with Gasteiger partial charge in [0.2, 0.25) is 0 Å². The van der Waals surface area contributed by atoms with Crippen molar-refractivity contribution in [2.45, 2.75) is 32.5 Å². The van der Waals surface area contributed by atoms with Crippen LogP contribution in [0.3, 0.4) is 0 Å². The highest BCUT2D eigenvalue weighted by Crippen LogP contribution is 2.36. The Morgan fingerprint density at radius 1 is 1.10 bits per heavy atom. The van der Waals surface area contributed by atoms with E-state index in [1.807, 2.05) is 25.1 Å². The smallest absolute Gasteiger partial charge is 0.251 e. The topological polar surface area (TPSA) is 35.6 Å². The van der Waals surface area contributed by atoms with Gasteiger partial charge in [0.1, 0.15) is 0 Å². The molecule has 0 aromatic heterocycles. The maximum atomic E-state index is 12.1. The number of fused-ring (bicyclic) bond motifs is 4. The maximum Gasteiger partial charge on any atom is 0.251 e. The van der Waals surface area contributed by atoms with Crippen LogP contribution >= 0.6 is 0 Å². The first kappa shape index (κ1) is 21.5. The van der Waals surface area contributed by atoms with Crippen molar-refractivity contribution in [2.24, 2.45) is 5.92 Å². The van der Waals surface area contributed by atoms with Crippen LogP contribution in [0.4, 0.5) is 0 Å². The van der Waals surface area contributed by atoms with E-state index >= 15 is 0 Å². The molecule has 3 aliphatic rings. The van der Waals surface area contributed by atoms with E-state index in [0.29, 0.717) is 18.6 Å². The highest BCUT2D eigenvalue weighted by Gasteiger charge is 2.38. The van der Waals surface area contributed by atoms with Crippen molar-refractivity contribution in [2.75, 3.05) is 26.2 Å². The van der Waals surface area contributed by atoms with E-state index in [1.165, 1.54) is 11.1 Å². The van der Waals surface area contributed by atoms with Gasteiger partial charge in [-0.3, -0.25) is 14.6 Å². The second kappa shape index (κ2) is 10.1. The summed E-state index contributed by atoms with van der Waals surface area (Å²) in [7, 11) is 0. The van der Waals surface area contributed by atoms with Crippen LogP contribution in [0, 0.1) is 5.92 Å². The van der Waals surface area contributed by atoms with Crippen molar-refractivity contribution in [1.82, 2.24) is 15.1 Å². The molecule has 0 spiro atoms. The first-order valence-electron chi connectivity index (χ1n) is 11.4. The molecule has 0 saturated carbocycles. The molecule has 2 aromatic rings. The molecule has 4 nitrogen and oxygen atoms in total. The van der Waals surface area contributed by atoms with E-state index in [-0.39, 0.29) is 5.91 Å². The molecule has 5 rings (SSSR count). The number of hydrogen-bond acceptors (Lipinski definition) is 3. The fraction of sp³-hybridized carbons (Fsp3) is 0.370. The summed E-state index contributed by atoms with van der Waals surface area (Å²) in [4.78, 5) is 17.2. The third-order valence-electron chi connectivity index (χ3n) is 6.42. The second-order valence-corrected chi connectivity index (χ2v) is 8.57. The van der Waals surface area contributed by atoms with Gasteiger partial charge >= 0.3 is 0 Å². The third-order valence-corrected chi connectivity index (χ3v) is 6.42. The standard InChI is InChI=1S/C27H33N3O/c1-3-16-29-19-25-20-30(18-22-10-12-23(13-11-22)27(31)28-4-2)26(29)15-14-24(25)17-21-8-6-5-7-9-21/h3,5-13,17,25-26H,1,4,14-16,18-20H2,2H3,(H,28,31)/b24-17+. The highest BCUT2D eigenvalue weighted by atomic mass is 16.1. The first-order valence-corrected chi connectivity index (χ1v) is 11.4. The van der Waals surface area contributed by atoms with Crippen LogP contribution in [0.2, 0.25) is 0 Å². The Morgan fingerprint density at radius 3 is 2.55 bits per heavy atom. The van der Waals surface area contributed by atoms with Crippen molar-refractivity contribution in [3.63, 3.8) is 0 Å². The number of benzene rings is 2. The molecule has 162 valence electrons. The molecule has 1 amide bonds. The number of rotatable bonds is 7. The van der Waals surface area contributed by atoms with Crippen LogP contribution < -0.4 is 5.32 Å². The lowest BCUT2D eigenvalue weighted by Crippen LogP contribution is -2.55. The van der Waals surface area contributed by atoms with Crippen LogP contribution in [-0.4, -0.2) is 48.1 Å². The van der Waals surface area contributed by atoms with Crippen LogP contribution in [0.1, 0.15) is 41.3 Å². The van der Waals surface area contributed by atoms with E-state index in [2.05, 4.69) is 70.2 Å². The van der Waals surface area contributed by atoms with Gasteiger partial charge in [-0.15, -0.1) is 6.58 Å². The van der Waals surface area contributed by atoms with Gasteiger partial charge in [0, 0.05) is 44.2 Å². The van der Waals surface area contributed by atoms with Gasteiger partial charge in [-0.1, -0.05) is 60.2 Å². The summed E-state index contributed by atoms with van der Waals surface area (Å²) >= 11 is 0. The number of carbonyl (C=O) groups excluding carboxylic acids is 1. The summed E-state index contributed by atoms with van der Waals surface area (Å²) in [6.45, 7) is 10.6. The fourth-order valence-electron chi connectivity index (χ4n) is 4.94. The highest BCUT2D eigenvalue weighted by molar-refractivity contribution is 5.94. The molecule has 0 radical (unpaired) electrons. The Hall–Kier alpha value is -2.69. The molecule has 3 fully saturated rings. The van der Waals surface area contributed by atoms with Gasteiger partial charge < -0.3 is 5.32 Å². The number of nitrogens with zero attached hydrogens (tertiary/aromatic N) is 2. The Balaban J connectivity index is 1.52. The van der Waals surface area contributed by atoms with E-state index < -0.39 is 0 Å². The van der Waals surface area contributed by atoms with Crippen molar-refractivity contribution < 1.29 is 4.79 Å². The molecule has 2 bridgehead atoms. The molecular weight excluding hydrogens is 382 g/mol. The second-order valence-electron chi connectivity index (χ2n) is 8.57. The Bertz CT molecular complexity index is 919. The van der Waals surface area contributed by atoms with E-state index in [4.69, 9.17) is 0 Å². The van der Waals surface area contributed by atoms with Crippen molar-refractivity contribution in [1.29, 1.82) is 0 Å². The molecule has 2 unspecified atom stereocenters. The summed E-state index contributed by atoms with van der Waals surface area (Å²) in [5.74, 6) is 0.532. The molecule has 3 heterocycles. The predicted molar refractivity (Wildman–Crippen MR) is 128 cm³/mol. The number of hydrogen-bond donors (Lipinski definition) is 1. The Kier molecular flexibility index (Phi) is 7.00. The Labute approximate surface area is 186 Å². The normalized spacial score (nSPS) is 22.9. The summed E-state index contributed by atoms with van der Waals surface area (Å²) in [6.07, 6.45) is 7.15. The monoisotopic (exact) mass is 415 g/mol. The number of nitrogens with one attached hydrogen (secondary N) is 1. The quantitative estimate of drug-likeness (QED) is 0.674. The SMILES string of the molecule is C=CCN1CC2CN(Cc3ccc(C(=O)NCC)cc3)C1CC/C2=C\c1ccccc1. The molecule has 4 heteroatoms. The molecule has 2 atom stereocenters. The predicted octanol–water partition coefficient (Wildman–Crippen LogP) is 4.56. The minimum atomic E-state index is -0.00396. The van der Waals surface area contributed by atoms with Crippen LogP contribution in [0.25, 0.3) is 6.08 Å². The number of amides is 1. The van der Waals surface area contributed by atoms with Gasteiger partial charge in [-0.25, -0.2) is 0 Å². The first-order chi connectivity index (χ1) is 15.2. The zero-order valence-corrected chi connectivity index (χ0v) is 18.5. The maximum absolute atomic E-state index is 12.1. The number of carbonyl (C=O) groups is 1. The van der Waals surface area contributed by atoms with Crippen LogP contribution in [0.15, 0.2) is 72.8 Å². The lowest BCUT2D eigenvalue weighted by atomic mass is 9.94. The minimum absolute atomic E-state index is 0.00396. The van der Waals surface area contributed by atoms with E-state index in [9.17, 15) is 4.79 Å². The van der Waals surface area contributed by atoms with Crippen molar-refractivity contribution >= 4 is 12.0 Å². The lowest BCUT2D eigenvalue weighted by molar-refractivity contribution is -0.00600. The lowest BCUT2D eigenvalue weighted by Gasteiger charge is -2.44. The van der Waals surface area contributed by atoms with Gasteiger partial charge in [-0.2, -0.15) is 0 Å². The molecule has 3 saturated heterocycles. The Morgan fingerprint density at radius 2 is 1.84 bits per heavy atom. The van der Waals surface area contributed by atoms with E-state index in [0.717, 1.165) is 44.6 Å². The van der Waals surface area contributed by atoms with Crippen molar-refractivity contribution in [3.05, 3.63) is 89.5 Å². The fourth-order valence-corrected chi connectivity index (χ4v) is 4.94. The largest absolute Gasteiger partial charge is 0.352 e. The molecule has 0 aliphatic carbocycles. The molecule has 3 aliphatic heterocycles. The molecule has 1 N–H and O–H groups in total. The summed E-state index contributed by atoms with van der Waals surface area (Å²) in [5.41, 5.74) is 4.85. The summed E-state index contributed by atoms with van der Waals surface area (Å²) < 4.78 is 0. The van der Waals surface area contributed by atoms with Gasteiger partial charge in [0.05, 0.1) is 6.17 Å². The van der Waals surface area contributed by atoms with Gasteiger partial charge in [-0.05, 0) is 43.0 Å². The third kappa shape index (κ3) is 5.15. The van der Waals surface area contributed by atoms with Gasteiger partial charge in [0.15, 0.2) is 0 Å². The van der Waals surface area contributed by atoms with E-state index in [1.54, 1.807) is 5.57 Å². The zero-order valence-electron chi connectivity index (χ0n) is 18.5. The summed E-state index contributed by atoms with van der Waals surface area (Å²) in [6, 6.07) is 18.8. The average Bonchev–Trinajstić information content (AvgIpc) is 3.04. The summed E-state index contributed by atoms with van der Waals surface area (Å²) in [5, 5.41) is 2.87. The molecule has 2 aromatic carbocycles. The molecule has 31 heavy (non-hydrogen) atoms. The minimum Gasteiger partial charge on any atom is -0.352 e. The average molecular weight is 416 g/mol. The van der Waals surface area contributed by atoms with Crippen LogP contribution in [0.5, 0.6) is 0 Å². The molecular formula is C27H33N3O. The van der Waals surface area contributed by atoms with Crippen molar-refractivity contribution in [3.8, 4) is 0 Å².